The number of benzene rings is 2. The van der Waals surface area contributed by atoms with Crippen molar-refractivity contribution < 1.29 is 30.8 Å². The first-order valence-corrected chi connectivity index (χ1v) is 12.0. The molecule has 2 heterocycles. The topological polar surface area (TPSA) is 115 Å². The van der Waals surface area contributed by atoms with Crippen molar-refractivity contribution in [1.29, 1.82) is 0 Å². The van der Waals surface area contributed by atoms with Crippen LogP contribution in [0.2, 0.25) is 0 Å². The maximum absolute atomic E-state index is 15.5. The Morgan fingerprint density at radius 1 is 1.00 bits per heavy atom. The minimum Gasteiger partial charge on any atom is -0.369 e. The van der Waals surface area contributed by atoms with E-state index in [0.29, 0.717) is 17.7 Å². The molecule has 0 aliphatic rings. The van der Waals surface area contributed by atoms with Crippen LogP contribution in [-0.2, 0) is 21.2 Å². The van der Waals surface area contributed by atoms with E-state index in [1.54, 1.807) is 12.1 Å². The second-order valence-electron chi connectivity index (χ2n) is 7.13. The third kappa shape index (κ3) is 5.00. The lowest BCUT2D eigenvalue weighted by Crippen LogP contribution is -2.16. The molecule has 0 aliphatic heterocycles. The van der Waals surface area contributed by atoms with E-state index in [4.69, 9.17) is 5.73 Å². The predicted molar refractivity (Wildman–Crippen MR) is 121 cm³/mol. The van der Waals surface area contributed by atoms with Gasteiger partial charge in [0.05, 0.1) is 28.2 Å². The van der Waals surface area contributed by atoms with Crippen LogP contribution in [0.5, 0.6) is 0 Å². The summed E-state index contributed by atoms with van der Waals surface area (Å²) in [7, 11) is -4.79. The van der Waals surface area contributed by atoms with Gasteiger partial charge in [-0.2, -0.15) is 0 Å². The Balaban J connectivity index is 1.85. The fourth-order valence-electron chi connectivity index (χ4n) is 3.19. The largest absolute Gasteiger partial charge is 0.369 e. The average molecular weight is 523 g/mol. The van der Waals surface area contributed by atoms with Gasteiger partial charge in [-0.3, -0.25) is 14.5 Å². The number of rotatable bonds is 7. The second kappa shape index (κ2) is 9.43. The van der Waals surface area contributed by atoms with Crippen molar-refractivity contribution in [2.75, 3.05) is 4.72 Å². The molecule has 4 aromatic rings. The number of nitrogens with zero attached hydrogens (tertiary/aromatic N) is 2. The molecule has 0 saturated carbocycles. The van der Waals surface area contributed by atoms with Gasteiger partial charge in [-0.25, -0.2) is 31.0 Å². The normalized spacial score (nSPS) is 11.4. The Labute approximate surface area is 200 Å². The van der Waals surface area contributed by atoms with Crippen LogP contribution in [0.3, 0.4) is 0 Å². The van der Waals surface area contributed by atoms with E-state index in [0.717, 1.165) is 29.5 Å². The first-order chi connectivity index (χ1) is 16.6. The van der Waals surface area contributed by atoms with Crippen molar-refractivity contribution in [2.24, 2.45) is 5.73 Å². The number of thiazole rings is 1. The highest BCUT2D eigenvalue weighted by atomic mass is 32.2. The van der Waals surface area contributed by atoms with Gasteiger partial charge >= 0.3 is 0 Å². The number of nitrogens with one attached hydrogen (secondary N) is 1. The Morgan fingerprint density at radius 2 is 1.69 bits per heavy atom. The summed E-state index contributed by atoms with van der Waals surface area (Å²) in [5, 5.41) is 0.172. The van der Waals surface area contributed by atoms with Crippen LogP contribution in [0.15, 0.2) is 59.8 Å². The van der Waals surface area contributed by atoms with Gasteiger partial charge in [0, 0.05) is 12.4 Å². The molecule has 4 rings (SSSR count). The average Bonchev–Trinajstić information content (AvgIpc) is 3.20. The quantitative estimate of drug-likeness (QED) is 0.352. The maximum Gasteiger partial charge on any atom is 0.265 e. The number of carbonyl (C=O) groups excluding carboxylic acids is 1. The molecule has 2 aromatic carbocycles. The molecule has 1 amide bonds. The van der Waals surface area contributed by atoms with Crippen LogP contribution < -0.4 is 10.5 Å². The molecule has 0 radical (unpaired) electrons. The van der Waals surface area contributed by atoms with Gasteiger partial charge in [-0.05, 0) is 48.0 Å². The van der Waals surface area contributed by atoms with Gasteiger partial charge in [-0.1, -0.05) is 0 Å². The fourth-order valence-corrected chi connectivity index (χ4v) is 5.42. The molecule has 0 fully saturated rings. The van der Waals surface area contributed by atoms with Gasteiger partial charge in [-0.15, -0.1) is 11.3 Å². The van der Waals surface area contributed by atoms with Crippen LogP contribution >= 0.6 is 11.3 Å². The molecular weight excluding hydrogens is 508 g/mol. The summed E-state index contributed by atoms with van der Waals surface area (Å²) >= 11 is 0.970. The van der Waals surface area contributed by atoms with Crippen molar-refractivity contribution in [2.45, 2.75) is 11.3 Å². The van der Waals surface area contributed by atoms with Crippen molar-refractivity contribution in [1.82, 2.24) is 9.97 Å². The van der Waals surface area contributed by atoms with Crippen molar-refractivity contribution >= 4 is 33.0 Å². The standard InChI is InChI=1S/C22H14F4N4O3S2/c23-12-1-2-13(24)16(9-12)35(32,33)30-15-4-3-14(25)19(20(15)26)21-22(11-5-7-28-8-6-11)34-18(29-21)10-17(27)31/h1-9,30H,10H2,(H2,27,31). The number of hydrogen-bond acceptors (Lipinski definition) is 6. The van der Waals surface area contributed by atoms with Crippen LogP contribution in [0, 0.1) is 23.3 Å². The number of primary amides is 1. The van der Waals surface area contributed by atoms with E-state index in [1.807, 2.05) is 4.72 Å². The molecule has 0 spiro atoms. The fraction of sp³-hybridized carbons (Fsp3) is 0.0455. The highest BCUT2D eigenvalue weighted by molar-refractivity contribution is 7.92. The summed E-state index contributed by atoms with van der Waals surface area (Å²) in [6.07, 6.45) is 2.59. The Bertz CT molecular complexity index is 1540. The van der Waals surface area contributed by atoms with Gasteiger partial charge in [0.2, 0.25) is 5.91 Å². The summed E-state index contributed by atoms with van der Waals surface area (Å²) < 4.78 is 85.0. The predicted octanol–water partition coefficient (Wildman–Crippen LogP) is 4.26. The number of aromatic nitrogens is 2. The summed E-state index contributed by atoms with van der Waals surface area (Å²) in [4.78, 5) is 18.7. The van der Waals surface area contributed by atoms with E-state index in [2.05, 4.69) is 9.97 Å². The van der Waals surface area contributed by atoms with Gasteiger partial charge in [0.15, 0.2) is 5.82 Å². The number of sulfonamides is 1. The first kappa shape index (κ1) is 24.3. The lowest BCUT2D eigenvalue weighted by Gasteiger charge is -2.13. The Kier molecular flexibility index (Phi) is 6.54. The van der Waals surface area contributed by atoms with Crippen molar-refractivity contribution in [3.05, 3.63) is 83.1 Å². The molecule has 0 aliphatic carbocycles. The Hall–Kier alpha value is -3.84. The van der Waals surface area contributed by atoms with Crippen LogP contribution in [0.1, 0.15) is 5.01 Å². The molecule has 35 heavy (non-hydrogen) atoms. The second-order valence-corrected chi connectivity index (χ2v) is 9.86. The van der Waals surface area contributed by atoms with E-state index < -0.39 is 55.3 Å². The van der Waals surface area contributed by atoms with Gasteiger partial charge in [0.1, 0.15) is 27.4 Å². The van der Waals surface area contributed by atoms with E-state index in [9.17, 15) is 26.4 Å². The smallest absolute Gasteiger partial charge is 0.265 e. The van der Waals surface area contributed by atoms with Gasteiger partial charge < -0.3 is 5.73 Å². The van der Waals surface area contributed by atoms with E-state index in [1.165, 1.54) is 12.4 Å². The number of halogens is 4. The zero-order valence-corrected chi connectivity index (χ0v) is 19.1. The Morgan fingerprint density at radius 3 is 2.37 bits per heavy atom. The summed E-state index contributed by atoms with van der Waals surface area (Å²) in [6, 6.07) is 6.45. The highest BCUT2D eigenvalue weighted by Crippen LogP contribution is 2.40. The SMILES string of the molecule is NC(=O)Cc1nc(-c2c(F)ccc(NS(=O)(=O)c3cc(F)ccc3F)c2F)c(-c2ccncc2)s1. The molecule has 0 saturated heterocycles. The monoisotopic (exact) mass is 522 g/mol. The molecule has 2 aromatic heterocycles. The molecule has 0 bridgehead atoms. The molecule has 7 nitrogen and oxygen atoms in total. The van der Waals surface area contributed by atoms with Crippen LogP contribution in [0.25, 0.3) is 21.7 Å². The summed E-state index contributed by atoms with van der Waals surface area (Å²) in [5.74, 6) is -5.44. The van der Waals surface area contributed by atoms with Crippen LogP contribution in [0.4, 0.5) is 23.2 Å². The molecule has 0 atom stereocenters. The van der Waals surface area contributed by atoms with Crippen molar-refractivity contribution in [3.63, 3.8) is 0 Å². The third-order valence-corrected chi connectivity index (χ3v) is 7.18. The van der Waals surface area contributed by atoms with Gasteiger partial charge in [0.25, 0.3) is 10.0 Å². The maximum atomic E-state index is 15.5. The number of hydrogen-bond donors (Lipinski definition) is 2. The molecule has 13 heteroatoms. The lowest BCUT2D eigenvalue weighted by molar-refractivity contribution is -0.117. The summed E-state index contributed by atoms with van der Waals surface area (Å²) in [6.45, 7) is 0. The molecule has 3 N–H and O–H groups in total. The number of pyridine rings is 1. The first-order valence-electron chi connectivity index (χ1n) is 9.71. The van der Waals surface area contributed by atoms with E-state index in [-0.39, 0.29) is 22.0 Å². The number of amides is 1. The molecule has 0 unspecified atom stereocenters. The van der Waals surface area contributed by atoms with E-state index >= 15 is 4.39 Å². The minimum absolute atomic E-state index is 0.172. The molecular formula is C22H14F4N4O3S2. The highest BCUT2D eigenvalue weighted by Gasteiger charge is 2.27. The lowest BCUT2D eigenvalue weighted by atomic mass is 10.1. The molecule has 180 valence electrons. The summed E-state index contributed by atoms with van der Waals surface area (Å²) in [5.41, 5.74) is 4.09. The van der Waals surface area contributed by atoms with Crippen LogP contribution in [-0.4, -0.2) is 24.3 Å². The number of nitrogens with two attached hydrogens (primary N) is 1. The van der Waals surface area contributed by atoms with Crippen molar-refractivity contribution in [3.8, 4) is 21.7 Å². The third-order valence-electron chi connectivity index (χ3n) is 4.69. The number of carbonyl (C=O) groups is 1. The zero-order valence-electron chi connectivity index (χ0n) is 17.4. The number of anilines is 1. The zero-order chi connectivity index (χ0) is 25.3. The minimum atomic E-state index is -4.79.